The van der Waals surface area contributed by atoms with Crippen molar-refractivity contribution in [2.24, 2.45) is 0 Å². The number of morpholine rings is 1. The Morgan fingerprint density at radius 1 is 1.30 bits per heavy atom. The summed E-state index contributed by atoms with van der Waals surface area (Å²) in [7, 11) is 0. The molecule has 0 atom stereocenters. The predicted octanol–water partition coefficient (Wildman–Crippen LogP) is 2.91. The topological polar surface area (TPSA) is 113 Å². The number of nitro groups is 1. The highest BCUT2D eigenvalue weighted by Gasteiger charge is 2.18. The molecule has 1 aliphatic heterocycles. The number of H-pyrrole nitrogens is 1. The average Bonchev–Trinajstić information content (AvgIpc) is 3.15. The van der Waals surface area contributed by atoms with Crippen molar-refractivity contribution in [2.75, 3.05) is 38.2 Å². The molecule has 4 rings (SSSR count). The number of hydrogen-bond acceptors (Lipinski definition) is 6. The lowest BCUT2D eigenvalue weighted by Gasteiger charge is -2.25. The molecule has 9 heteroatoms. The summed E-state index contributed by atoms with van der Waals surface area (Å²) in [6.07, 6.45) is 0.809. The minimum Gasteiger partial charge on any atom is -0.379 e. The van der Waals surface area contributed by atoms with Gasteiger partial charge in [-0.25, -0.2) is 4.98 Å². The van der Waals surface area contributed by atoms with Crippen LogP contribution in [0.15, 0.2) is 36.4 Å². The molecule has 1 fully saturated rings. The number of ether oxygens (including phenoxy) is 1. The van der Waals surface area contributed by atoms with Crippen molar-refractivity contribution in [3.8, 4) is 0 Å². The fourth-order valence-corrected chi connectivity index (χ4v) is 3.61. The number of rotatable bonds is 6. The van der Waals surface area contributed by atoms with E-state index in [0.717, 1.165) is 56.1 Å². The lowest BCUT2D eigenvalue weighted by Crippen LogP contribution is -2.37. The zero-order chi connectivity index (χ0) is 21.1. The van der Waals surface area contributed by atoms with E-state index in [9.17, 15) is 14.9 Å². The highest BCUT2D eigenvalue weighted by molar-refractivity contribution is 6.06. The number of nitrogens with zero attached hydrogens (tertiary/aromatic N) is 3. The molecule has 1 aliphatic rings. The smallest absolute Gasteiger partial charge is 0.273 e. The third-order valence-electron chi connectivity index (χ3n) is 5.30. The molecule has 30 heavy (non-hydrogen) atoms. The summed E-state index contributed by atoms with van der Waals surface area (Å²) in [6, 6.07) is 9.93. The highest BCUT2D eigenvalue weighted by Crippen LogP contribution is 2.23. The number of benzene rings is 2. The van der Waals surface area contributed by atoms with Crippen molar-refractivity contribution in [1.82, 2.24) is 14.9 Å². The van der Waals surface area contributed by atoms with Gasteiger partial charge in [0.1, 0.15) is 5.82 Å². The number of nitrogens with one attached hydrogen (secondary N) is 2. The molecule has 0 radical (unpaired) electrons. The van der Waals surface area contributed by atoms with Gasteiger partial charge in [0.25, 0.3) is 11.6 Å². The first-order valence-electron chi connectivity index (χ1n) is 9.85. The molecule has 2 heterocycles. The number of imidazole rings is 1. The first-order chi connectivity index (χ1) is 14.5. The van der Waals surface area contributed by atoms with Gasteiger partial charge in [0.2, 0.25) is 0 Å². The predicted molar refractivity (Wildman–Crippen MR) is 113 cm³/mol. The number of aromatic amines is 1. The van der Waals surface area contributed by atoms with Crippen molar-refractivity contribution < 1.29 is 14.5 Å². The van der Waals surface area contributed by atoms with Crippen LogP contribution in [0, 0.1) is 17.0 Å². The Hall–Kier alpha value is -3.30. The zero-order valence-corrected chi connectivity index (χ0v) is 16.7. The lowest BCUT2D eigenvalue weighted by atomic mass is 10.1. The SMILES string of the molecule is Cc1c(C(=O)Nc2ccc3nc(CCN4CCOCC4)[nH]c3c2)cccc1[N+](=O)[O-]. The lowest BCUT2D eigenvalue weighted by molar-refractivity contribution is -0.385. The van der Waals surface area contributed by atoms with Gasteiger partial charge in [-0.2, -0.15) is 0 Å². The maximum atomic E-state index is 12.7. The Balaban J connectivity index is 1.46. The zero-order valence-electron chi connectivity index (χ0n) is 16.7. The van der Waals surface area contributed by atoms with E-state index in [1.807, 2.05) is 12.1 Å². The van der Waals surface area contributed by atoms with Crippen molar-refractivity contribution in [3.05, 3.63) is 63.5 Å². The van der Waals surface area contributed by atoms with Gasteiger partial charge in [-0.05, 0) is 31.2 Å². The Bertz CT molecular complexity index is 1090. The monoisotopic (exact) mass is 409 g/mol. The third kappa shape index (κ3) is 4.32. The number of fused-ring (bicyclic) bond motifs is 1. The first kappa shape index (κ1) is 20.0. The molecule has 0 bridgehead atoms. The molecule has 0 aliphatic carbocycles. The van der Waals surface area contributed by atoms with Gasteiger partial charge in [-0.3, -0.25) is 19.8 Å². The van der Waals surface area contributed by atoms with Gasteiger partial charge in [-0.15, -0.1) is 0 Å². The second-order valence-electron chi connectivity index (χ2n) is 7.28. The van der Waals surface area contributed by atoms with Crippen LogP contribution in [0.4, 0.5) is 11.4 Å². The molecule has 3 aromatic rings. The third-order valence-corrected chi connectivity index (χ3v) is 5.30. The Labute approximate surface area is 173 Å². The van der Waals surface area contributed by atoms with E-state index < -0.39 is 4.92 Å². The van der Waals surface area contributed by atoms with E-state index in [0.29, 0.717) is 11.3 Å². The van der Waals surface area contributed by atoms with Crippen molar-refractivity contribution in [3.63, 3.8) is 0 Å². The normalized spacial score (nSPS) is 14.7. The second-order valence-corrected chi connectivity index (χ2v) is 7.28. The number of carbonyl (C=O) groups excluding carboxylic acids is 1. The number of nitro benzene ring substituents is 1. The molecule has 0 saturated carbocycles. The molecule has 1 amide bonds. The fourth-order valence-electron chi connectivity index (χ4n) is 3.61. The average molecular weight is 409 g/mol. The number of amides is 1. The maximum Gasteiger partial charge on any atom is 0.273 e. The first-order valence-corrected chi connectivity index (χ1v) is 9.85. The molecule has 2 aromatic carbocycles. The number of hydrogen-bond donors (Lipinski definition) is 2. The van der Waals surface area contributed by atoms with E-state index in [1.165, 1.54) is 12.1 Å². The van der Waals surface area contributed by atoms with Gasteiger partial charge in [-0.1, -0.05) is 6.07 Å². The van der Waals surface area contributed by atoms with E-state index >= 15 is 0 Å². The van der Waals surface area contributed by atoms with Gasteiger partial charge in [0.05, 0.1) is 29.2 Å². The number of carbonyl (C=O) groups is 1. The van der Waals surface area contributed by atoms with Crippen LogP contribution in [0.25, 0.3) is 11.0 Å². The van der Waals surface area contributed by atoms with Crippen LogP contribution in [0.5, 0.6) is 0 Å². The highest BCUT2D eigenvalue weighted by atomic mass is 16.6. The van der Waals surface area contributed by atoms with Crippen LogP contribution in [0.1, 0.15) is 21.7 Å². The van der Waals surface area contributed by atoms with Gasteiger partial charge < -0.3 is 15.0 Å². The number of anilines is 1. The molecule has 0 spiro atoms. The summed E-state index contributed by atoms with van der Waals surface area (Å²) in [6.45, 7) is 5.91. The van der Waals surface area contributed by atoms with Crippen LogP contribution in [-0.2, 0) is 11.2 Å². The summed E-state index contributed by atoms with van der Waals surface area (Å²) in [5, 5.41) is 13.9. The quantitative estimate of drug-likeness (QED) is 0.478. The maximum absolute atomic E-state index is 12.7. The standard InChI is InChI=1S/C21H23N5O4/c1-14-16(3-2-4-19(14)26(28)29)21(27)22-15-5-6-17-18(13-15)24-20(23-17)7-8-25-9-11-30-12-10-25/h2-6,13H,7-12H2,1H3,(H,22,27)(H,23,24). The van der Waals surface area contributed by atoms with Gasteiger partial charge in [0, 0.05) is 48.9 Å². The largest absolute Gasteiger partial charge is 0.379 e. The number of aromatic nitrogens is 2. The summed E-state index contributed by atoms with van der Waals surface area (Å²) in [4.78, 5) is 33.6. The van der Waals surface area contributed by atoms with E-state index in [-0.39, 0.29) is 17.2 Å². The molecule has 0 unspecified atom stereocenters. The minimum atomic E-state index is -0.485. The molecular formula is C21H23N5O4. The second kappa shape index (κ2) is 8.60. The summed E-state index contributed by atoms with van der Waals surface area (Å²) in [5.41, 5.74) is 2.81. The van der Waals surface area contributed by atoms with Crippen LogP contribution in [0.3, 0.4) is 0 Å². The molecule has 156 valence electrons. The van der Waals surface area contributed by atoms with Gasteiger partial charge in [0.15, 0.2) is 0 Å². The summed E-state index contributed by atoms with van der Waals surface area (Å²) < 4.78 is 5.37. The molecule has 1 saturated heterocycles. The van der Waals surface area contributed by atoms with E-state index in [4.69, 9.17) is 4.74 Å². The Morgan fingerprint density at radius 2 is 2.10 bits per heavy atom. The van der Waals surface area contributed by atoms with Crippen molar-refractivity contribution in [2.45, 2.75) is 13.3 Å². The van der Waals surface area contributed by atoms with Crippen LogP contribution < -0.4 is 5.32 Å². The minimum absolute atomic E-state index is 0.0726. The molecule has 2 N–H and O–H groups in total. The van der Waals surface area contributed by atoms with Gasteiger partial charge >= 0.3 is 0 Å². The van der Waals surface area contributed by atoms with Crippen molar-refractivity contribution in [1.29, 1.82) is 0 Å². The van der Waals surface area contributed by atoms with Crippen LogP contribution in [0.2, 0.25) is 0 Å². The van der Waals surface area contributed by atoms with Crippen LogP contribution >= 0.6 is 0 Å². The summed E-state index contributed by atoms with van der Waals surface area (Å²) >= 11 is 0. The molecule has 1 aromatic heterocycles. The molecule has 9 nitrogen and oxygen atoms in total. The van der Waals surface area contributed by atoms with E-state index in [1.54, 1.807) is 19.1 Å². The van der Waals surface area contributed by atoms with Crippen molar-refractivity contribution >= 4 is 28.3 Å². The van der Waals surface area contributed by atoms with Crippen LogP contribution in [-0.4, -0.2) is 58.5 Å². The summed E-state index contributed by atoms with van der Waals surface area (Å²) in [5.74, 6) is 0.511. The Morgan fingerprint density at radius 3 is 2.87 bits per heavy atom. The fraction of sp³-hybridized carbons (Fsp3) is 0.333. The Kier molecular flexibility index (Phi) is 5.73. The van der Waals surface area contributed by atoms with E-state index in [2.05, 4.69) is 20.2 Å². The molecular weight excluding hydrogens is 386 g/mol.